The fraction of sp³-hybridized carbons (Fsp3) is 0.857. The lowest BCUT2D eigenvalue weighted by molar-refractivity contribution is 0.458. The molecule has 0 aliphatic heterocycles. The highest BCUT2D eigenvalue weighted by Crippen LogP contribution is 2.10. The van der Waals surface area contributed by atoms with Crippen molar-refractivity contribution in [3.8, 4) is 0 Å². The Bertz CT molecular complexity index is 130. The van der Waals surface area contributed by atoms with E-state index in [0.717, 1.165) is 0 Å². The highest BCUT2D eigenvalue weighted by molar-refractivity contribution is 4.79. The normalized spacial score (nSPS) is 11.5. The first-order chi connectivity index (χ1) is 7.35. The van der Waals surface area contributed by atoms with E-state index in [9.17, 15) is 0 Å². The third kappa shape index (κ3) is 9.84. The van der Waals surface area contributed by atoms with Crippen molar-refractivity contribution in [2.24, 2.45) is 0 Å². The second-order valence-electron chi connectivity index (χ2n) is 4.36. The summed E-state index contributed by atoms with van der Waals surface area (Å²) in [5.41, 5.74) is 0. The van der Waals surface area contributed by atoms with Crippen molar-refractivity contribution in [2.45, 2.75) is 78.2 Å². The number of unbranched alkanes of at least 4 members (excludes halogenated alkanes) is 4. The van der Waals surface area contributed by atoms with Gasteiger partial charge in [0.05, 0.1) is 0 Å². The maximum atomic E-state index is 3.51. The second kappa shape index (κ2) is 11.6. The molecule has 0 rings (SSSR count). The van der Waals surface area contributed by atoms with Crippen molar-refractivity contribution in [2.75, 3.05) is 0 Å². The SMILES string of the molecule is CC=CNC(CCCCC)CCCCC. The lowest BCUT2D eigenvalue weighted by atomic mass is 10.0. The van der Waals surface area contributed by atoms with Crippen molar-refractivity contribution in [1.82, 2.24) is 5.32 Å². The molecule has 0 aromatic rings. The Kier molecular flexibility index (Phi) is 11.3. The average molecular weight is 211 g/mol. The van der Waals surface area contributed by atoms with E-state index < -0.39 is 0 Å². The van der Waals surface area contributed by atoms with Gasteiger partial charge >= 0.3 is 0 Å². The summed E-state index contributed by atoms with van der Waals surface area (Å²) in [6.07, 6.45) is 15.0. The van der Waals surface area contributed by atoms with Crippen molar-refractivity contribution in [3.05, 3.63) is 12.3 Å². The summed E-state index contributed by atoms with van der Waals surface area (Å²) in [6.45, 7) is 6.61. The molecule has 0 atom stereocenters. The van der Waals surface area contributed by atoms with E-state index in [0.29, 0.717) is 6.04 Å². The van der Waals surface area contributed by atoms with Crippen LogP contribution in [0.15, 0.2) is 12.3 Å². The molecule has 0 saturated carbocycles. The van der Waals surface area contributed by atoms with E-state index in [1.165, 1.54) is 51.4 Å². The van der Waals surface area contributed by atoms with Crippen LogP contribution in [0.3, 0.4) is 0 Å². The Hall–Kier alpha value is -0.460. The molecule has 0 aromatic carbocycles. The van der Waals surface area contributed by atoms with Crippen LogP contribution in [-0.2, 0) is 0 Å². The molecule has 1 heteroatoms. The molecule has 0 aliphatic rings. The van der Waals surface area contributed by atoms with Crippen LogP contribution in [0.4, 0.5) is 0 Å². The Balaban J connectivity index is 3.63. The molecule has 1 N–H and O–H groups in total. The van der Waals surface area contributed by atoms with Crippen LogP contribution in [0, 0.1) is 0 Å². The molecule has 0 fully saturated rings. The minimum absolute atomic E-state index is 0.708. The predicted octanol–water partition coefficient (Wildman–Crippen LogP) is 4.64. The van der Waals surface area contributed by atoms with E-state index in [1.54, 1.807) is 0 Å². The van der Waals surface area contributed by atoms with Gasteiger partial charge in [-0.25, -0.2) is 0 Å². The summed E-state index contributed by atoms with van der Waals surface area (Å²) in [7, 11) is 0. The molecule has 1 nitrogen and oxygen atoms in total. The minimum Gasteiger partial charge on any atom is -0.388 e. The van der Waals surface area contributed by atoms with E-state index in [1.807, 2.05) is 0 Å². The monoisotopic (exact) mass is 211 g/mol. The quantitative estimate of drug-likeness (QED) is 0.519. The largest absolute Gasteiger partial charge is 0.388 e. The molecular formula is C14H29N. The zero-order chi connectivity index (χ0) is 11.4. The second-order valence-corrected chi connectivity index (χ2v) is 4.36. The standard InChI is InChI=1S/C14H29N/c1-4-7-9-11-14(15-13-6-3)12-10-8-5-2/h6,13-15H,4-5,7-12H2,1-3H3. The van der Waals surface area contributed by atoms with Crippen LogP contribution >= 0.6 is 0 Å². The van der Waals surface area contributed by atoms with Crippen LogP contribution in [0.1, 0.15) is 72.1 Å². The van der Waals surface area contributed by atoms with Crippen molar-refractivity contribution in [3.63, 3.8) is 0 Å². The van der Waals surface area contributed by atoms with Gasteiger partial charge in [0.25, 0.3) is 0 Å². The van der Waals surface area contributed by atoms with E-state index in [4.69, 9.17) is 0 Å². The third-order valence-electron chi connectivity index (χ3n) is 2.81. The highest BCUT2D eigenvalue weighted by Gasteiger charge is 2.04. The summed E-state index contributed by atoms with van der Waals surface area (Å²) in [6, 6.07) is 0.708. The molecule has 0 unspecified atom stereocenters. The van der Waals surface area contributed by atoms with Crippen LogP contribution < -0.4 is 5.32 Å². The summed E-state index contributed by atoms with van der Waals surface area (Å²) in [5.74, 6) is 0. The molecular weight excluding hydrogens is 182 g/mol. The topological polar surface area (TPSA) is 12.0 Å². The number of nitrogens with one attached hydrogen (secondary N) is 1. The van der Waals surface area contributed by atoms with Crippen LogP contribution in [0.2, 0.25) is 0 Å². The number of hydrogen-bond donors (Lipinski definition) is 1. The van der Waals surface area contributed by atoms with Crippen molar-refractivity contribution < 1.29 is 0 Å². The molecule has 0 bridgehead atoms. The molecule has 0 spiro atoms. The first-order valence-corrected chi connectivity index (χ1v) is 6.72. The Morgan fingerprint density at radius 2 is 1.47 bits per heavy atom. The Morgan fingerprint density at radius 1 is 0.933 bits per heavy atom. The molecule has 0 amide bonds. The van der Waals surface area contributed by atoms with Gasteiger partial charge in [0, 0.05) is 6.04 Å². The summed E-state index contributed by atoms with van der Waals surface area (Å²) >= 11 is 0. The summed E-state index contributed by atoms with van der Waals surface area (Å²) in [4.78, 5) is 0. The Morgan fingerprint density at radius 3 is 1.87 bits per heavy atom. The predicted molar refractivity (Wildman–Crippen MR) is 70.0 cm³/mol. The summed E-state index contributed by atoms with van der Waals surface area (Å²) < 4.78 is 0. The third-order valence-corrected chi connectivity index (χ3v) is 2.81. The van der Waals surface area contributed by atoms with E-state index in [2.05, 4.69) is 38.4 Å². The highest BCUT2D eigenvalue weighted by atomic mass is 14.9. The van der Waals surface area contributed by atoms with Crippen molar-refractivity contribution in [1.29, 1.82) is 0 Å². The maximum absolute atomic E-state index is 3.51. The van der Waals surface area contributed by atoms with Gasteiger partial charge in [-0.15, -0.1) is 0 Å². The molecule has 0 heterocycles. The van der Waals surface area contributed by atoms with E-state index >= 15 is 0 Å². The zero-order valence-corrected chi connectivity index (χ0v) is 10.9. The smallest absolute Gasteiger partial charge is 0.0255 e. The fourth-order valence-electron chi connectivity index (χ4n) is 1.82. The van der Waals surface area contributed by atoms with Crippen molar-refractivity contribution >= 4 is 0 Å². The van der Waals surface area contributed by atoms with Crippen LogP contribution in [0.5, 0.6) is 0 Å². The van der Waals surface area contributed by atoms with E-state index in [-0.39, 0.29) is 0 Å². The number of allylic oxidation sites excluding steroid dienone is 1. The van der Waals surface area contributed by atoms with Gasteiger partial charge in [-0.3, -0.25) is 0 Å². The zero-order valence-electron chi connectivity index (χ0n) is 10.9. The number of rotatable bonds is 10. The maximum Gasteiger partial charge on any atom is 0.0255 e. The average Bonchev–Trinajstić information content (AvgIpc) is 2.25. The molecule has 15 heavy (non-hydrogen) atoms. The van der Waals surface area contributed by atoms with Gasteiger partial charge in [0.15, 0.2) is 0 Å². The lowest BCUT2D eigenvalue weighted by Gasteiger charge is -2.17. The molecule has 0 aliphatic carbocycles. The van der Waals surface area contributed by atoms with Crippen LogP contribution in [-0.4, -0.2) is 6.04 Å². The Labute approximate surface area is 96.3 Å². The molecule has 0 aromatic heterocycles. The molecule has 0 radical (unpaired) electrons. The first-order valence-electron chi connectivity index (χ1n) is 6.72. The van der Waals surface area contributed by atoms with Gasteiger partial charge in [-0.1, -0.05) is 58.4 Å². The fourth-order valence-corrected chi connectivity index (χ4v) is 1.82. The molecule has 0 saturated heterocycles. The minimum atomic E-state index is 0.708. The number of hydrogen-bond acceptors (Lipinski definition) is 1. The van der Waals surface area contributed by atoms with Gasteiger partial charge < -0.3 is 5.32 Å². The summed E-state index contributed by atoms with van der Waals surface area (Å²) in [5, 5.41) is 3.51. The molecule has 90 valence electrons. The van der Waals surface area contributed by atoms with Gasteiger partial charge in [-0.05, 0) is 26.0 Å². The van der Waals surface area contributed by atoms with Crippen LogP contribution in [0.25, 0.3) is 0 Å². The van der Waals surface area contributed by atoms with Gasteiger partial charge in [-0.2, -0.15) is 0 Å². The lowest BCUT2D eigenvalue weighted by Crippen LogP contribution is -2.24. The van der Waals surface area contributed by atoms with Gasteiger partial charge in [0.2, 0.25) is 0 Å². The van der Waals surface area contributed by atoms with Gasteiger partial charge in [0.1, 0.15) is 0 Å². The first kappa shape index (κ1) is 14.5.